The van der Waals surface area contributed by atoms with Crippen molar-refractivity contribution in [2.24, 2.45) is 0 Å². The predicted molar refractivity (Wildman–Crippen MR) is 84.8 cm³/mol. The predicted octanol–water partition coefficient (Wildman–Crippen LogP) is 6.37. The van der Waals surface area contributed by atoms with Crippen molar-refractivity contribution in [1.29, 1.82) is 0 Å². The molecule has 0 unspecified atom stereocenters. The Morgan fingerprint density at radius 2 is 1.06 bits per heavy atom. The molecule has 0 bridgehead atoms. The first kappa shape index (κ1) is 17.0. The van der Waals surface area contributed by atoms with E-state index in [-0.39, 0.29) is 0 Å². The normalized spacial score (nSPS) is 12.8. The monoisotopic (exact) mass is 246 g/mol. The Kier molecular flexibility index (Phi) is 15.0. The molecule has 0 aromatic carbocycles. The number of rotatable bonds is 11. The summed E-state index contributed by atoms with van der Waals surface area (Å²) >= 11 is 0. The van der Waals surface area contributed by atoms with Gasteiger partial charge in [-0.05, 0) is 38.5 Å². The number of hydrogen-bond acceptors (Lipinski definition) is 0. The van der Waals surface area contributed by atoms with Gasteiger partial charge in [-0.3, -0.25) is 0 Å². The van der Waals surface area contributed by atoms with Gasteiger partial charge < -0.3 is 0 Å². The lowest BCUT2D eigenvalue weighted by Gasteiger charge is -1.90. The Hall–Kier alpha value is -1.04. The highest BCUT2D eigenvalue weighted by molar-refractivity contribution is 4.99. The Balaban J connectivity index is 3.34. The quantitative estimate of drug-likeness (QED) is 0.293. The van der Waals surface area contributed by atoms with Gasteiger partial charge in [-0.25, -0.2) is 0 Å². The van der Waals surface area contributed by atoms with Gasteiger partial charge in [-0.15, -0.1) is 0 Å². The lowest BCUT2D eigenvalue weighted by atomic mass is 10.2. The van der Waals surface area contributed by atoms with Gasteiger partial charge in [0, 0.05) is 0 Å². The van der Waals surface area contributed by atoms with E-state index in [0.717, 1.165) is 25.7 Å². The molecule has 0 heteroatoms. The maximum Gasteiger partial charge on any atom is -0.0169 e. The molecule has 0 aromatic heterocycles. The summed E-state index contributed by atoms with van der Waals surface area (Å²) in [6.07, 6.45) is 27.6. The molecule has 0 saturated carbocycles. The molecule has 0 heterocycles. The van der Waals surface area contributed by atoms with Crippen molar-refractivity contribution in [2.45, 2.75) is 65.2 Å². The van der Waals surface area contributed by atoms with Gasteiger partial charge in [0.05, 0.1) is 0 Å². The van der Waals surface area contributed by atoms with E-state index in [1.54, 1.807) is 0 Å². The summed E-state index contributed by atoms with van der Waals surface area (Å²) in [5, 5.41) is 0. The Morgan fingerprint density at radius 3 is 1.56 bits per heavy atom. The minimum Gasteiger partial charge on any atom is -0.0885 e. The molecule has 0 aliphatic heterocycles. The van der Waals surface area contributed by atoms with Crippen molar-refractivity contribution in [1.82, 2.24) is 0 Å². The van der Waals surface area contributed by atoms with Crippen LogP contribution in [0.2, 0.25) is 0 Å². The minimum atomic E-state index is 1.06. The highest BCUT2D eigenvalue weighted by Gasteiger charge is 1.80. The minimum absolute atomic E-state index is 1.06. The number of unbranched alkanes of at least 4 members (excludes halogenated alkanes) is 3. The van der Waals surface area contributed by atoms with E-state index in [1.165, 1.54) is 25.7 Å². The number of hydrogen-bond donors (Lipinski definition) is 0. The van der Waals surface area contributed by atoms with Crippen LogP contribution >= 0.6 is 0 Å². The third kappa shape index (κ3) is 15.0. The fourth-order valence-electron chi connectivity index (χ4n) is 1.61. The van der Waals surface area contributed by atoms with Gasteiger partial charge in [-0.1, -0.05) is 75.3 Å². The third-order valence-corrected chi connectivity index (χ3v) is 2.69. The van der Waals surface area contributed by atoms with Crippen molar-refractivity contribution < 1.29 is 0 Å². The molecule has 102 valence electrons. The fraction of sp³-hybridized carbons (Fsp3) is 0.556. The molecular formula is C18H30. The molecule has 0 amide bonds. The standard InChI is InChI=1S/C18H30/c1-3-5-7-9-11-13-15-17-18-16-14-12-10-8-6-4-2/h5,7,11-14,17-18H,3-4,6,8-10,15-16H2,1-2H3. The summed E-state index contributed by atoms with van der Waals surface area (Å²) < 4.78 is 0. The second-order valence-electron chi connectivity index (χ2n) is 4.50. The van der Waals surface area contributed by atoms with Crippen LogP contribution in [-0.2, 0) is 0 Å². The molecule has 0 fully saturated rings. The van der Waals surface area contributed by atoms with Gasteiger partial charge in [0.1, 0.15) is 0 Å². The lowest BCUT2D eigenvalue weighted by Crippen LogP contribution is -1.70. The van der Waals surface area contributed by atoms with Crippen LogP contribution in [0.25, 0.3) is 0 Å². The summed E-state index contributed by atoms with van der Waals surface area (Å²) in [7, 11) is 0. The van der Waals surface area contributed by atoms with Crippen LogP contribution in [0.3, 0.4) is 0 Å². The molecule has 0 aromatic rings. The number of allylic oxidation sites excluding steroid dienone is 8. The highest BCUT2D eigenvalue weighted by Crippen LogP contribution is 2.00. The molecule has 0 aliphatic carbocycles. The summed E-state index contributed by atoms with van der Waals surface area (Å²) in [6.45, 7) is 4.41. The average Bonchev–Trinajstić information content (AvgIpc) is 2.39. The molecule has 0 radical (unpaired) electrons. The largest absolute Gasteiger partial charge is 0.0885 e. The van der Waals surface area contributed by atoms with Gasteiger partial charge in [0.25, 0.3) is 0 Å². The molecular weight excluding hydrogens is 216 g/mol. The van der Waals surface area contributed by atoms with Crippen molar-refractivity contribution in [3.63, 3.8) is 0 Å². The van der Waals surface area contributed by atoms with Crippen LogP contribution in [-0.4, -0.2) is 0 Å². The zero-order valence-electron chi connectivity index (χ0n) is 12.3. The van der Waals surface area contributed by atoms with E-state index >= 15 is 0 Å². The fourth-order valence-corrected chi connectivity index (χ4v) is 1.61. The molecule has 0 rings (SSSR count). The van der Waals surface area contributed by atoms with Crippen molar-refractivity contribution in [3.8, 4) is 0 Å². The van der Waals surface area contributed by atoms with Crippen molar-refractivity contribution in [3.05, 3.63) is 48.6 Å². The van der Waals surface area contributed by atoms with E-state index in [2.05, 4.69) is 62.5 Å². The van der Waals surface area contributed by atoms with Crippen molar-refractivity contribution >= 4 is 0 Å². The zero-order valence-corrected chi connectivity index (χ0v) is 12.3. The highest BCUT2D eigenvalue weighted by atomic mass is 13.9. The van der Waals surface area contributed by atoms with Crippen molar-refractivity contribution in [2.75, 3.05) is 0 Å². The maximum atomic E-state index is 2.31. The zero-order chi connectivity index (χ0) is 13.3. The van der Waals surface area contributed by atoms with Crippen LogP contribution in [0.15, 0.2) is 48.6 Å². The summed E-state index contributed by atoms with van der Waals surface area (Å²) in [5.74, 6) is 0. The Labute approximate surface area is 114 Å². The smallest absolute Gasteiger partial charge is 0.0169 e. The van der Waals surface area contributed by atoms with E-state index < -0.39 is 0 Å². The molecule has 0 aliphatic rings. The SMILES string of the molecule is CCC=CCC=CCC=CCC=CCCCCC. The lowest BCUT2D eigenvalue weighted by molar-refractivity contribution is 0.728. The second kappa shape index (κ2) is 16.0. The van der Waals surface area contributed by atoms with Crippen LogP contribution in [0.5, 0.6) is 0 Å². The van der Waals surface area contributed by atoms with Gasteiger partial charge >= 0.3 is 0 Å². The van der Waals surface area contributed by atoms with Crippen LogP contribution in [0.4, 0.5) is 0 Å². The Morgan fingerprint density at radius 1 is 0.556 bits per heavy atom. The van der Waals surface area contributed by atoms with E-state index in [1.807, 2.05) is 0 Å². The van der Waals surface area contributed by atoms with Gasteiger partial charge in [-0.2, -0.15) is 0 Å². The second-order valence-corrected chi connectivity index (χ2v) is 4.50. The van der Waals surface area contributed by atoms with Gasteiger partial charge in [0.15, 0.2) is 0 Å². The molecule has 0 spiro atoms. The molecule has 0 atom stereocenters. The first-order valence-corrected chi connectivity index (χ1v) is 7.51. The third-order valence-electron chi connectivity index (χ3n) is 2.69. The van der Waals surface area contributed by atoms with E-state index in [0.29, 0.717) is 0 Å². The topological polar surface area (TPSA) is 0 Å². The molecule has 0 saturated heterocycles. The van der Waals surface area contributed by atoms with Crippen LogP contribution < -0.4 is 0 Å². The molecule has 0 nitrogen and oxygen atoms in total. The first-order valence-electron chi connectivity index (χ1n) is 7.51. The molecule has 0 N–H and O–H groups in total. The van der Waals surface area contributed by atoms with E-state index in [9.17, 15) is 0 Å². The average molecular weight is 246 g/mol. The Bertz CT molecular complexity index is 253. The van der Waals surface area contributed by atoms with Crippen LogP contribution in [0, 0.1) is 0 Å². The first-order chi connectivity index (χ1) is 8.91. The maximum absolute atomic E-state index is 2.31. The van der Waals surface area contributed by atoms with E-state index in [4.69, 9.17) is 0 Å². The summed E-state index contributed by atoms with van der Waals surface area (Å²) in [5.41, 5.74) is 0. The van der Waals surface area contributed by atoms with Gasteiger partial charge in [0.2, 0.25) is 0 Å². The summed E-state index contributed by atoms with van der Waals surface area (Å²) in [4.78, 5) is 0. The summed E-state index contributed by atoms with van der Waals surface area (Å²) in [6, 6.07) is 0. The molecule has 18 heavy (non-hydrogen) atoms. The van der Waals surface area contributed by atoms with Crippen LogP contribution in [0.1, 0.15) is 65.2 Å².